The van der Waals surface area contributed by atoms with Crippen molar-refractivity contribution in [1.29, 1.82) is 0 Å². The lowest BCUT2D eigenvalue weighted by molar-refractivity contribution is 0.626. The average molecular weight is 215 g/mol. The van der Waals surface area contributed by atoms with Crippen molar-refractivity contribution in [3.05, 3.63) is 24.0 Å². The number of hydrogen-bond acceptors (Lipinski definition) is 2. The summed E-state index contributed by atoms with van der Waals surface area (Å²) in [6.07, 6.45) is 0.804. The van der Waals surface area contributed by atoms with E-state index in [4.69, 9.17) is 5.73 Å². The van der Waals surface area contributed by atoms with E-state index in [0.29, 0.717) is 4.90 Å². The van der Waals surface area contributed by atoms with Gasteiger partial charge in [0.2, 0.25) is 0 Å². The molecule has 78 valence electrons. The van der Waals surface area contributed by atoms with Crippen LogP contribution in [0.25, 0.3) is 0 Å². The van der Waals surface area contributed by atoms with Crippen LogP contribution >= 0.6 is 0 Å². The highest BCUT2D eigenvalue weighted by molar-refractivity contribution is 7.85. The van der Waals surface area contributed by atoms with Crippen LogP contribution in [0.3, 0.4) is 0 Å². The molecule has 0 amide bonds. The third kappa shape index (κ3) is 2.32. The van der Waals surface area contributed by atoms with Crippen molar-refractivity contribution in [2.75, 3.05) is 5.73 Å². The van der Waals surface area contributed by atoms with E-state index in [-0.39, 0.29) is 10.9 Å². The molecule has 0 bridgehead atoms. The van der Waals surface area contributed by atoms with Crippen molar-refractivity contribution in [2.45, 2.75) is 30.4 Å². The Labute approximate surface area is 85.8 Å². The molecule has 2 N–H and O–H groups in total. The van der Waals surface area contributed by atoms with Gasteiger partial charge in [-0.05, 0) is 24.6 Å². The molecule has 2 atom stereocenters. The van der Waals surface area contributed by atoms with Crippen molar-refractivity contribution < 1.29 is 8.60 Å². The van der Waals surface area contributed by atoms with E-state index in [0.717, 1.165) is 6.42 Å². The van der Waals surface area contributed by atoms with E-state index in [9.17, 15) is 8.60 Å². The first kappa shape index (κ1) is 11.2. The van der Waals surface area contributed by atoms with Crippen molar-refractivity contribution in [1.82, 2.24) is 0 Å². The summed E-state index contributed by atoms with van der Waals surface area (Å²) in [5, 5.41) is 0.0398. The van der Waals surface area contributed by atoms with Gasteiger partial charge < -0.3 is 5.73 Å². The first-order valence-electron chi connectivity index (χ1n) is 4.51. The lowest BCUT2D eigenvalue weighted by atomic mass is 10.3. The van der Waals surface area contributed by atoms with Crippen molar-refractivity contribution in [2.24, 2.45) is 0 Å². The number of rotatable bonds is 3. The molecule has 1 aromatic carbocycles. The minimum Gasteiger partial charge on any atom is -0.396 e. The van der Waals surface area contributed by atoms with E-state index in [2.05, 4.69) is 0 Å². The molecule has 0 heterocycles. The smallest absolute Gasteiger partial charge is 0.147 e. The topological polar surface area (TPSA) is 43.1 Å². The number of nitrogens with two attached hydrogens (primary N) is 1. The summed E-state index contributed by atoms with van der Waals surface area (Å²) in [5.41, 5.74) is 5.42. The van der Waals surface area contributed by atoms with Crippen LogP contribution in [-0.4, -0.2) is 9.46 Å². The maximum atomic E-state index is 13.0. The Morgan fingerprint density at radius 1 is 1.57 bits per heavy atom. The Kier molecular flexibility index (Phi) is 3.63. The van der Waals surface area contributed by atoms with Gasteiger partial charge in [0.15, 0.2) is 0 Å². The molecule has 2 nitrogen and oxygen atoms in total. The Morgan fingerprint density at radius 2 is 2.21 bits per heavy atom. The summed E-state index contributed by atoms with van der Waals surface area (Å²) >= 11 is 0. The van der Waals surface area contributed by atoms with Crippen molar-refractivity contribution >= 4 is 16.5 Å². The largest absolute Gasteiger partial charge is 0.396 e. The molecule has 0 spiro atoms. The second-order valence-electron chi connectivity index (χ2n) is 3.20. The molecular weight excluding hydrogens is 201 g/mol. The van der Waals surface area contributed by atoms with Crippen LogP contribution in [0.2, 0.25) is 0 Å². The standard InChI is InChI=1S/C10H14FNOS/c1-3-7(2)14(13)8-4-5-10(12)9(11)6-8/h4-7H,3,12H2,1-2H3. The second-order valence-corrected chi connectivity index (χ2v) is 5.07. The number of halogens is 1. The molecule has 4 heteroatoms. The predicted molar refractivity (Wildman–Crippen MR) is 57.0 cm³/mol. The van der Waals surface area contributed by atoms with E-state index in [1.54, 1.807) is 6.07 Å². The van der Waals surface area contributed by atoms with Crippen LogP contribution in [0.4, 0.5) is 10.1 Å². The quantitative estimate of drug-likeness (QED) is 0.786. The minimum atomic E-state index is -1.14. The first-order chi connectivity index (χ1) is 6.56. The van der Waals surface area contributed by atoms with Gasteiger partial charge in [0.1, 0.15) is 5.82 Å². The zero-order valence-corrected chi connectivity index (χ0v) is 9.10. The van der Waals surface area contributed by atoms with E-state index < -0.39 is 16.6 Å². The van der Waals surface area contributed by atoms with Gasteiger partial charge in [-0.3, -0.25) is 4.21 Å². The normalized spacial score (nSPS) is 15.1. The van der Waals surface area contributed by atoms with E-state index >= 15 is 0 Å². The third-order valence-electron chi connectivity index (χ3n) is 2.14. The van der Waals surface area contributed by atoms with Crippen molar-refractivity contribution in [3.63, 3.8) is 0 Å². The molecule has 1 aromatic rings. The number of anilines is 1. The molecule has 0 aliphatic carbocycles. The van der Waals surface area contributed by atoms with Crippen LogP contribution < -0.4 is 5.73 Å². The number of benzene rings is 1. The molecule has 0 aliphatic rings. The maximum absolute atomic E-state index is 13.0. The minimum absolute atomic E-state index is 0.0398. The molecule has 0 saturated heterocycles. The third-order valence-corrected chi connectivity index (χ3v) is 3.93. The fraction of sp³-hybridized carbons (Fsp3) is 0.400. The summed E-state index contributed by atoms with van der Waals surface area (Å²) in [7, 11) is -1.14. The molecule has 0 fully saturated rings. The highest BCUT2D eigenvalue weighted by atomic mass is 32.2. The zero-order valence-electron chi connectivity index (χ0n) is 8.29. The van der Waals surface area contributed by atoms with E-state index in [1.807, 2.05) is 13.8 Å². The van der Waals surface area contributed by atoms with Gasteiger partial charge in [-0.2, -0.15) is 0 Å². The van der Waals surface area contributed by atoms with Gasteiger partial charge in [-0.25, -0.2) is 4.39 Å². The van der Waals surface area contributed by atoms with Crippen LogP contribution in [-0.2, 0) is 10.8 Å². The van der Waals surface area contributed by atoms with Crippen LogP contribution in [0.1, 0.15) is 20.3 Å². The molecule has 0 aromatic heterocycles. The van der Waals surface area contributed by atoms with Crippen LogP contribution in [0.5, 0.6) is 0 Å². The molecule has 2 unspecified atom stereocenters. The second kappa shape index (κ2) is 4.55. The number of nitrogen functional groups attached to an aromatic ring is 1. The fourth-order valence-corrected chi connectivity index (χ4v) is 2.21. The summed E-state index contributed by atoms with van der Waals surface area (Å²) in [4.78, 5) is 0.506. The highest BCUT2D eigenvalue weighted by Crippen LogP contribution is 2.18. The van der Waals surface area contributed by atoms with Gasteiger partial charge in [0.25, 0.3) is 0 Å². The van der Waals surface area contributed by atoms with Gasteiger partial charge in [0.05, 0.1) is 16.5 Å². The molecule has 0 radical (unpaired) electrons. The fourth-order valence-electron chi connectivity index (χ4n) is 1.02. The first-order valence-corrected chi connectivity index (χ1v) is 5.73. The Hall–Kier alpha value is -0.900. The number of hydrogen-bond donors (Lipinski definition) is 1. The SMILES string of the molecule is CCC(C)S(=O)c1ccc(N)c(F)c1. The lowest BCUT2D eigenvalue weighted by Crippen LogP contribution is -2.09. The summed E-state index contributed by atoms with van der Waals surface area (Å²) in [6, 6.07) is 4.31. The molecule has 1 rings (SSSR count). The average Bonchev–Trinajstić information content (AvgIpc) is 2.20. The summed E-state index contributed by atoms with van der Waals surface area (Å²) < 4.78 is 24.8. The molecule has 0 aliphatic heterocycles. The summed E-state index contributed by atoms with van der Waals surface area (Å²) in [6.45, 7) is 3.83. The van der Waals surface area contributed by atoms with Gasteiger partial charge in [0, 0.05) is 10.1 Å². The Balaban J connectivity index is 2.97. The highest BCUT2D eigenvalue weighted by Gasteiger charge is 2.12. The monoisotopic (exact) mass is 215 g/mol. The zero-order chi connectivity index (χ0) is 10.7. The summed E-state index contributed by atoms with van der Waals surface area (Å²) in [5.74, 6) is -0.501. The lowest BCUT2D eigenvalue weighted by Gasteiger charge is -2.08. The molecular formula is C10H14FNOS. The Bertz CT molecular complexity index is 354. The predicted octanol–water partition coefficient (Wildman–Crippen LogP) is 2.31. The maximum Gasteiger partial charge on any atom is 0.147 e. The van der Waals surface area contributed by atoms with Gasteiger partial charge in [-0.15, -0.1) is 0 Å². The van der Waals surface area contributed by atoms with Crippen LogP contribution in [0, 0.1) is 5.82 Å². The Morgan fingerprint density at radius 3 is 2.71 bits per heavy atom. The van der Waals surface area contributed by atoms with Gasteiger partial charge >= 0.3 is 0 Å². The molecule has 14 heavy (non-hydrogen) atoms. The van der Waals surface area contributed by atoms with Crippen LogP contribution in [0.15, 0.2) is 23.1 Å². The molecule has 0 saturated carbocycles. The van der Waals surface area contributed by atoms with Crippen molar-refractivity contribution in [3.8, 4) is 0 Å². The van der Waals surface area contributed by atoms with E-state index in [1.165, 1.54) is 12.1 Å². The van der Waals surface area contributed by atoms with Gasteiger partial charge in [-0.1, -0.05) is 13.8 Å².